The first-order chi connectivity index (χ1) is 13.1. The van der Waals surface area contributed by atoms with Gasteiger partial charge in [-0.15, -0.1) is 0 Å². The summed E-state index contributed by atoms with van der Waals surface area (Å²) in [5, 5.41) is 0. The first kappa shape index (κ1) is 19.4. The van der Waals surface area contributed by atoms with E-state index in [1.54, 1.807) is 0 Å². The van der Waals surface area contributed by atoms with Gasteiger partial charge in [-0.3, -0.25) is 4.79 Å². The van der Waals surface area contributed by atoms with Gasteiger partial charge in [-0.25, -0.2) is 4.79 Å². The maximum absolute atomic E-state index is 12.7. The number of H-pyrrole nitrogens is 1. The summed E-state index contributed by atoms with van der Waals surface area (Å²) >= 11 is 0. The normalized spacial score (nSPS) is 16.2. The van der Waals surface area contributed by atoms with E-state index >= 15 is 0 Å². The zero-order valence-electron chi connectivity index (χ0n) is 16.3. The van der Waals surface area contributed by atoms with E-state index in [4.69, 9.17) is 4.74 Å². The predicted octanol–water partition coefficient (Wildman–Crippen LogP) is 5.36. The number of nitrogens with one attached hydrogen (secondary N) is 1. The molecule has 144 valence electrons. The van der Waals surface area contributed by atoms with E-state index < -0.39 is 0 Å². The van der Waals surface area contributed by atoms with Gasteiger partial charge in [0.15, 0.2) is 5.78 Å². The van der Waals surface area contributed by atoms with Crippen LogP contribution in [0.25, 0.3) is 0 Å². The lowest BCUT2D eigenvalue weighted by atomic mass is 9.81. The molecular formula is C23H29NO3. The topological polar surface area (TPSA) is 59.2 Å². The molecule has 4 nitrogen and oxygen atoms in total. The molecule has 0 aliphatic heterocycles. The van der Waals surface area contributed by atoms with Gasteiger partial charge in [0.1, 0.15) is 5.69 Å². The van der Waals surface area contributed by atoms with E-state index in [1.807, 2.05) is 25.1 Å². The van der Waals surface area contributed by atoms with Crippen molar-refractivity contribution >= 4 is 11.8 Å². The fourth-order valence-corrected chi connectivity index (χ4v) is 3.94. The van der Waals surface area contributed by atoms with Crippen molar-refractivity contribution < 1.29 is 14.3 Å². The van der Waals surface area contributed by atoms with E-state index in [0.717, 1.165) is 30.5 Å². The highest BCUT2D eigenvalue weighted by Crippen LogP contribution is 2.35. The first-order valence-electron chi connectivity index (χ1n) is 10.1. The van der Waals surface area contributed by atoms with E-state index in [-0.39, 0.29) is 17.7 Å². The Kier molecular flexibility index (Phi) is 6.49. The Labute approximate surface area is 161 Å². The molecule has 0 spiro atoms. The van der Waals surface area contributed by atoms with Crippen LogP contribution < -0.4 is 0 Å². The zero-order valence-corrected chi connectivity index (χ0v) is 16.3. The van der Waals surface area contributed by atoms with Crippen LogP contribution in [0, 0.1) is 6.92 Å². The number of Topliss-reactive ketones (excluding diaryl/α,β-unsaturated/α-hetero) is 1. The molecule has 2 aromatic rings. The van der Waals surface area contributed by atoms with Gasteiger partial charge in [0.25, 0.3) is 0 Å². The molecule has 3 rings (SSSR count). The number of benzene rings is 1. The summed E-state index contributed by atoms with van der Waals surface area (Å²) in [7, 11) is 0. The molecule has 0 fully saturated rings. The minimum atomic E-state index is -0.346. The molecule has 1 aromatic heterocycles. The van der Waals surface area contributed by atoms with Crippen LogP contribution in [0.2, 0.25) is 0 Å². The SMILES string of the molecule is CCCCCCCOC(=O)c1[nH]c2c(c1C)C(=O)C[C@H](c1ccccc1)C2. The molecule has 4 heteroatoms. The quantitative estimate of drug-likeness (QED) is 0.504. The van der Waals surface area contributed by atoms with Crippen LogP contribution in [-0.4, -0.2) is 23.3 Å². The molecule has 1 atom stereocenters. The lowest BCUT2D eigenvalue weighted by Gasteiger charge is -2.22. The second-order valence-electron chi connectivity index (χ2n) is 7.47. The van der Waals surface area contributed by atoms with E-state index in [0.29, 0.717) is 24.3 Å². The van der Waals surface area contributed by atoms with Gasteiger partial charge in [-0.1, -0.05) is 62.9 Å². The number of rotatable bonds is 8. The van der Waals surface area contributed by atoms with Gasteiger partial charge in [-0.05, 0) is 36.8 Å². The number of ketones is 1. The summed E-state index contributed by atoms with van der Waals surface area (Å²) < 4.78 is 5.43. The average molecular weight is 367 g/mol. The molecule has 1 aliphatic carbocycles. The highest BCUT2D eigenvalue weighted by atomic mass is 16.5. The second-order valence-corrected chi connectivity index (χ2v) is 7.47. The molecule has 1 N–H and O–H groups in total. The number of fused-ring (bicyclic) bond motifs is 1. The zero-order chi connectivity index (χ0) is 19.2. The Morgan fingerprint density at radius 2 is 1.85 bits per heavy atom. The van der Waals surface area contributed by atoms with Gasteiger partial charge >= 0.3 is 5.97 Å². The van der Waals surface area contributed by atoms with Crippen molar-refractivity contribution in [1.82, 2.24) is 4.98 Å². The van der Waals surface area contributed by atoms with Gasteiger partial charge in [-0.2, -0.15) is 0 Å². The van der Waals surface area contributed by atoms with Gasteiger partial charge in [0, 0.05) is 17.7 Å². The third kappa shape index (κ3) is 4.49. The average Bonchev–Trinajstić information content (AvgIpc) is 3.02. The molecule has 0 bridgehead atoms. The number of hydrogen-bond donors (Lipinski definition) is 1. The minimum Gasteiger partial charge on any atom is -0.461 e. The smallest absolute Gasteiger partial charge is 0.355 e. The number of aromatic nitrogens is 1. The molecule has 1 aliphatic rings. The van der Waals surface area contributed by atoms with E-state index in [1.165, 1.54) is 24.8 Å². The standard InChI is InChI=1S/C23H29NO3/c1-3-4-5-6-10-13-27-23(26)22-16(2)21-19(24-22)14-18(15-20(21)25)17-11-8-7-9-12-17/h7-9,11-12,18,24H,3-6,10,13-15H2,1-2H3/t18-/m1/s1. The van der Waals surface area contributed by atoms with Crippen LogP contribution in [0.3, 0.4) is 0 Å². The summed E-state index contributed by atoms with van der Waals surface area (Å²) in [4.78, 5) is 28.4. The number of unbranched alkanes of at least 4 members (excludes halogenated alkanes) is 4. The number of esters is 1. The monoisotopic (exact) mass is 367 g/mol. The summed E-state index contributed by atoms with van der Waals surface area (Å²) in [5.74, 6) is -0.0781. The van der Waals surface area contributed by atoms with Crippen molar-refractivity contribution in [3.63, 3.8) is 0 Å². The number of aromatic amines is 1. The summed E-state index contributed by atoms with van der Waals surface area (Å²) in [5.41, 5.74) is 3.90. The molecule has 1 aromatic carbocycles. The second kappa shape index (κ2) is 9.03. The first-order valence-corrected chi connectivity index (χ1v) is 10.1. The Morgan fingerprint density at radius 3 is 2.59 bits per heavy atom. The number of carbonyl (C=O) groups is 2. The number of carbonyl (C=O) groups excluding carboxylic acids is 2. The number of ether oxygens (including phenoxy) is 1. The van der Waals surface area contributed by atoms with Crippen molar-refractivity contribution in [1.29, 1.82) is 0 Å². The van der Waals surface area contributed by atoms with Crippen molar-refractivity contribution in [3.05, 3.63) is 58.4 Å². The van der Waals surface area contributed by atoms with Crippen molar-refractivity contribution in [2.45, 2.75) is 64.7 Å². The van der Waals surface area contributed by atoms with Crippen LogP contribution in [0.1, 0.15) is 89.0 Å². The van der Waals surface area contributed by atoms with Crippen molar-refractivity contribution in [2.24, 2.45) is 0 Å². The van der Waals surface area contributed by atoms with E-state index in [9.17, 15) is 9.59 Å². The van der Waals surface area contributed by atoms with Crippen LogP contribution in [0.5, 0.6) is 0 Å². The third-order valence-electron chi connectivity index (χ3n) is 5.44. The summed E-state index contributed by atoms with van der Waals surface area (Å²) in [6.45, 7) is 4.46. The maximum Gasteiger partial charge on any atom is 0.355 e. The van der Waals surface area contributed by atoms with E-state index in [2.05, 4.69) is 24.0 Å². The van der Waals surface area contributed by atoms with Crippen molar-refractivity contribution in [3.8, 4) is 0 Å². The Hall–Kier alpha value is -2.36. The molecule has 27 heavy (non-hydrogen) atoms. The number of hydrogen-bond acceptors (Lipinski definition) is 3. The molecule has 0 radical (unpaired) electrons. The maximum atomic E-state index is 12.7. The molecule has 1 heterocycles. The van der Waals surface area contributed by atoms with Crippen LogP contribution in [0.15, 0.2) is 30.3 Å². The Balaban J connectivity index is 1.66. The molecular weight excluding hydrogens is 338 g/mol. The largest absolute Gasteiger partial charge is 0.461 e. The van der Waals surface area contributed by atoms with Crippen molar-refractivity contribution in [2.75, 3.05) is 6.61 Å². The lowest BCUT2D eigenvalue weighted by molar-refractivity contribution is 0.0490. The molecule has 0 unspecified atom stereocenters. The van der Waals surface area contributed by atoms with Gasteiger partial charge in [0.05, 0.1) is 6.61 Å². The predicted molar refractivity (Wildman–Crippen MR) is 106 cm³/mol. The van der Waals surface area contributed by atoms with Crippen LogP contribution in [-0.2, 0) is 11.2 Å². The molecule has 0 amide bonds. The summed E-state index contributed by atoms with van der Waals surface area (Å²) in [6, 6.07) is 10.1. The highest BCUT2D eigenvalue weighted by molar-refractivity contribution is 6.03. The van der Waals surface area contributed by atoms with Gasteiger partial charge in [0.2, 0.25) is 0 Å². The Morgan fingerprint density at radius 1 is 1.11 bits per heavy atom. The van der Waals surface area contributed by atoms with Gasteiger partial charge < -0.3 is 9.72 Å². The highest BCUT2D eigenvalue weighted by Gasteiger charge is 2.32. The fourth-order valence-electron chi connectivity index (χ4n) is 3.94. The summed E-state index contributed by atoms with van der Waals surface area (Å²) in [6.07, 6.45) is 6.81. The molecule has 0 saturated heterocycles. The third-order valence-corrected chi connectivity index (χ3v) is 5.44. The Bertz CT molecular complexity index is 791. The fraction of sp³-hybridized carbons (Fsp3) is 0.478. The minimum absolute atomic E-state index is 0.109. The van der Waals surface area contributed by atoms with Crippen LogP contribution in [0.4, 0.5) is 0 Å². The van der Waals surface area contributed by atoms with Crippen LogP contribution >= 0.6 is 0 Å². The lowest BCUT2D eigenvalue weighted by Crippen LogP contribution is -2.18. The molecule has 0 saturated carbocycles.